The van der Waals surface area contributed by atoms with E-state index in [9.17, 15) is 0 Å². The SMILES string of the molecule is CCc1ccccc1Nc1nc(Cl)nc2sc(C)cc12. The molecular weight excluding hydrogens is 290 g/mol. The Labute approximate surface area is 126 Å². The summed E-state index contributed by atoms with van der Waals surface area (Å²) < 4.78 is 0. The number of anilines is 2. The van der Waals surface area contributed by atoms with Gasteiger partial charge in [0.1, 0.15) is 10.6 Å². The highest BCUT2D eigenvalue weighted by Crippen LogP contribution is 2.32. The molecule has 20 heavy (non-hydrogen) atoms. The zero-order valence-corrected chi connectivity index (χ0v) is 12.8. The van der Waals surface area contributed by atoms with Crippen LogP contribution in [0.4, 0.5) is 11.5 Å². The molecule has 102 valence electrons. The van der Waals surface area contributed by atoms with Gasteiger partial charge in [-0.1, -0.05) is 25.1 Å². The maximum atomic E-state index is 6.02. The van der Waals surface area contributed by atoms with E-state index in [1.165, 1.54) is 10.4 Å². The summed E-state index contributed by atoms with van der Waals surface area (Å²) in [6.07, 6.45) is 0.966. The fourth-order valence-electron chi connectivity index (χ4n) is 2.19. The summed E-state index contributed by atoms with van der Waals surface area (Å²) in [7, 11) is 0. The third-order valence-electron chi connectivity index (χ3n) is 3.14. The first-order valence-corrected chi connectivity index (χ1v) is 7.65. The number of hydrogen-bond acceptors (Lipinski definition) is 4. The lowest BCUT2D eigenvalue weighted by atomic mass is 10.1. The molecule has 0 atom stereocenters. The lowest BCUT2D eigenvalue weighted by Crippen LogP contribution is -1.98. The van der Waals surface area contributed by atoms with Crippen LogP contribution >= 0.6 is 22.9 Å². The number of aromatic nitrogens is 2. The summed E-state index contributed by atoms with van der Waals surface area (Å²) in [5, 5.41) is 4.68. The quantitative estimate of drug-likeness (QED) is 0.695. The van der Waals surface area contributed by atoms with E-state index in [-0.39, 0.29) is 5.28 Å². The first kappa shape index (κ1) is 13.3. The predicted molar refractivity (Wildman–Crippen MR) is 86.3 cm³/mol. The van der Waals surface area contributed by atoms with E-state index < -0.39 is 0 Å². The van der Waals surface area contributed by atoms with Gasteiger partial charge in [-0.3, -0.25) is 0 Å². The Morgan fingerprint density at radius 3 is 2.85 bits per heavy atom. The zero-order chi connectivity index (χ0) is 14.1. The molecule has 1 N–H and O–H groups in total. The lowest BCUT2D eigenvalue weighted by molar-refractivity contribution is 1.14. The number of hydrogen-bond donors (Lipinski definition) is 1. The molecule has 3 rings (SSSR count). The van der Waals surface area contributed by atoms with Crippen LogP contribution in [0.25, 0.3) is 10.2 Å². The van der Waals surface area contributed by atoms with E-state index in [0.29, 0.717) is 0 Å². The second kappa shape index (κ2) is 5.38. The highest BCUT2D eigenvalue weighted by atomic mass is 35.5. The molecule has 5 heteroatoms. The van der Waals surface area contributed by atoms with Crippen LogP contribution in [0.1, 0.15) is 17.4 Å². The van der Waals surface area contributed by atoms with Crippen molar-refractivity contribution < 1.29 is 0 Å². The minimum atomic E-state index is 0.274. The molecule has 0 amide bonds. The molecule has 3 aromatic rings. The number of fused-ring (bicyclic) bond motifs is 1. The highest BCUT2D eigenvalue weighted by Gasteiger charge is 2.11. The van der Waals surface area contributed by atoms with Crippen molar-refractivity contribution in [3.63, 3.8) is 0 Å². The number of nitrogens with one attached hydrogen (secondary N) is 1. The average molecular weight is 304 g/mol. The Bertz CT molecular complexity index is 767. The summed E-state index contributed by atoms with van der Waals surface area (Å²) >= 11 is 7.64. The molecule has 0 saturated heterocycles. The molecule has 3 nitrogen and oxygen atoms in total. The smallest absolute Gasteiger partial charge is 0.225 e. The van der Waals surface area contributed by atoms with Crippen LogP contribution in [0, 0.1) is 6.92 Å². The van der Waals surface area contributed by atoms with Crippen LogP contribution < -0.4 is 5.32 Å². The Hall–Kier alpha value is -1.65. The maximum absolute atomic E-state index is 6.02. The molecule has 0 fully saturated rings. The number of para-hydroxylation sites is 1. The second-order valence-electron chi connectivity index (χ2n) is 4.55. The zero-order valence-electron chi connectivity index (χ0n) is 11.3. The van der Waals surface area contributed by atoms with Crippen molar-refractivity contribution >= 4 is 44.7 Å². The van der Waals surface area contributed by atoms with Gasteiger partial charge in [0.15, 0.2) is 0 Å². The molecule has 0 aliphatic rings. The fourth-order valence-corrected chi connectivity index (χ4v) is 3.29. The predicted octanol–water partition coefficient (Wildman–Crippen LogP) is 4.96. The summed E-state index contributed by atoms with van der Waals surface area (Å²) in [4.78, 5) is 10.7. The molecule has 2 heterocycles. The largest absolute Gasteiger partial charge is 0.339 e. The number of rotatable bonds is 3. The molecule has 0 aliphatic heterocycles. The summed E-state index contributed by atoms with van der Waals surface area (Å²) in [5.74, 6) is 0.769. The Kier molecular flexibility index (Phi) is 3.59. The molecular formula is C15H14ClN3S. The van der Waals surface area contributed by atoms with Gasteiger partial charge in [-0.2, -0.15) is 4.98 Å². The molecule has 0 unspecified atom stereocenters. The number of benzene rings is 1. The van der Waals surface area contributed by atoms with Gasteiger partial charge in [-0.15, -0.1) is 11.3 Å². The molecule has 1 aromatic carbocycles. The minimum Gasteiger partial charge on any atom is -0.339 e. The van der Waals surface area contributed by atoms with Crippen molar-refractivity contribution in [1.29, 1.82) is 0 Å². The number of aryl methyl sites for hydroxylation is 2. The minimum absolute atomic E-state index is 0.274. The van der Waals surface area contributed by atoms with Gasteiger partial charge < -0.3 is 5.32 Å². The maximum Gasteiger partial charge on any atom is 0.225 e. The van der Waals surface area contributed by atoms with E-state index in [1.807, 2.05) is 12.1 Å². The first-order valence-electron chi connectivity index (χ1n) is 6.46. The lowest BCUT2D eigenvalue weighted by Gasteiger charge is -2.11. The van der Waals surface area contributed by atoms with Crippen LogP contribution in [-0.2, 0) is 6.42 Å². The van der Waals surface area contributed by atoms with Gasteiger partial charge in [0, 0.05) is 10.6 Å². The van der Waals surface area contributed by atoms with Gasteiger partial charge in [-0.05, 0) is 42.6 Å². The summed E-state index contributed by atoms with van der Waals surface area (Å²) in [5.41, 5.74) is 2.32. The van der Waals surface area contributed by atoms with E-state index in [1.54, 1.807) is 11.3 Å². The topological polar surface area (TPSA) is 37.8 Å². The van der Waals surface area contributed by atoms with Gasteiger partial charge in [0.2, 0.25) is 5.28 Å². The average Bonchev–Trinajstić information content (AvgIpc) is 2.79. The normalized spacial score (nSPS) is 10.9. The number of nitrogens with zero attached hydrogens (tertiary/aromatic N) is 2. The van der Waals surface area contributed by atoms with E-state index in [4.69, 9.17) is 11.6 Å². The monoisotopic (exact) mass is 303 g/mol. The van der Waals surface area contributed by atoms with Crippen molar-refractivity contribution in [2.75, 3.05) is 5.32 Å². The molecule has 0 spiro atoms. The fraction of sp³-hybridized carbons (Fsp3) is 0.200. The van der Waals surface area contributed by atoms with Crippen molar-refractivity contribution in [1.82, 2.24) is 9.97 Å². The molecule has 0 aliphatic carbocycles. The van der Waals surface area contributed by atoms with Gasteiger partial charge >= 0.3 is 0 Å². The van der Waals surface area contributed by atoms with E-state index in [0.717, 1.165) is 28.1 Å². The molecule has 0 radical (unpaired) electrons. The van der Waals surface area contributed by atoms with E-state index >= 15 is 0 Å². The van der Waals surface area contributed by atoms with Crippen molar-refractivity contribution in [3.8, 4) is 0 Å². The van der Waals surface area contributed by atoms with Crippen molar-refractivity contribution in [2.45, 2.75) is 20.3 Å². The molecule has 2 aromatic heterocycles. The van der Waals surface area contributed by atoms with Crippen LogP contribution in [0.3, 0.4) is 0 Å². The van der Waals surface area contributed by atoms with Crippen LogP contribution in [-0.4, -0.2) is 9.97 Å². The highest BCUT2D eigenvalue weighted by molar-refractivity contribution is 7.18. The third-order valence-corrected chi connectivity index (χ3v) is 4.25. The Balaban J connectivity index is 2.10. The van der Waals surface area contributed by atoms with Crippen molar-refractivity contribution in [2.24, 2.45) is 0 Å². The van der Waals surface area contributed by atoms with E-state index in [2.05, 4.69) is 47.3 Å². The first-order chi connectivity index (χ1) is 9.67. The molecule has 0 bridgehead atoms. The third kappa shape index (κ3) is 2.49. The van der Waals surface area contributed by atoms with Gasteiger partial charge in [0.25, 0.3) is 0 Å². The standard InChI is InChI=1S/C15H14ClN3S/c1-3-10-6-4-5-7-12(10)17-13-11-8-9(2)20-14(11)19-15(16)18-13/h4-8H,3H2,1-2H3,(H,17,18,19). The molecule has 0 saturated carbocycles. The second-order valence-corrected chi connectivity index (χ2v) is 6.13. The van der Waals surface area contributed by atoms with Crippen LogP contribution in [0.15, 0.2) is 30.3 Å². The number of thiophene rings is 1. The van der Waals surface area contributed by atoms with Crippen LogP contribution in [0.5, 0.6) is 0 Å². The van der Waals surface area contributed by atoms with Crippen molar-refractivity contribution in [3.05, 3.63) is 46.1 Å². The summed E-state index contributed by atoms with van der Waals surface area (Å²) in [6.45, 7) is 4.20. The Morgan fingerprint density at radius 1 is 1.25 bits per heavy atom. The number of halogens is 1. The van der Waals surface area contributed by atoms with Gasteiger partial charge in [0.05, 0.1) is 5.39 Å². The Morgan fingerprint density at radius 2 is 2.05 bits per heavy atom. The summed E-state index contributed by atoms with van der Waals surface area (Å²) in [6, 6.07) is 10.3. The van der Waals surface area contributed by atoms with Gasteiger partial charge in [-0.25, -0.2) is 4.98 Å². The van der Waals surface area contributed by atoms with Crippen LogP contribution in [0.2, 0.25) is 5.28 Å².